The summed E-state index contributed by atoms with van der Waals surface area (Å²) < 4.78 is 19.3. The van der Waals surface area contributed by atoms with Crippen LogP contribution < -0.4 is 0 Å². The molecule has 0 heterocycles. The van der Waals surface area contributed by atoms with Gasteiger partial charge >= 0.3 is 0 Å². The van der Waals surface area contributed by atoms with E-state index in [4.69, 9.17) is 4.18 Å². The Hall–Kier alpha value is 0.0700. The lowest BCUT2D eigenvalue weighted by atomic mass is 10.1. The Morgan fingerprint density at radius 3 is 2.12 bits per heavy atom. The molecule has 0 aromatic rings. The molecule has 0 aliphatic carbocycles. The van der Waals surface area contributed by atoms with Crippen LogP contribution in [-0.4, -0.2) is 27.7 Å². The summed E-state index contributed by atoms with van der Waals surface area (Å²) in [7, 11) is 0. The van der Waals surface area contributed by atoms with Crippen LogP contribution in [0.2, 0.25) is 0 Å². The summed E-state index contributed by atoms with van der Waals surface area (Å²) in [6, 6.07) is 0. The Morgan fingerprint density at radius 1 is 1.19 bits per heavy atom. The van der Waals surface area contributed by atoms with Crippen LogP contribution in [0.5, 0.6) is 0 Å². The van der Waals surface area contributed by atoms with E-state index in [2.05, 4.69) is 27.7 Å². The van der Waals surface area contributed by atoms with Crippen LogP contribution in [0, 0.1) is 11.8 Å². The van der Waals surface area contributed by atoms with Crippen molar-refractivity contribution in [3.8, 4) is 0 Å². The summed E-state index contributed by atoms with van der Waals surface area (Å²) in [6.45, 7) is 14.1. The second-order valence-corrected chi connectivity index (χ2v) is 6.11. The van der Waals surface area contributed by atoms with E-state index < -0.39 is 11.3 Å². The maximum Gasteiger partial charge on any atom is 0.237 e. The van der Waals surface area contributed by atoms with Crippen LogP contribution in [0.15, 0.2) is 0 Å². The highest BCUT2D eigenvalue weighted by molar-refractivity contribution is 7.77. The molecule has 0 aromatic carbocycles. The van der Waals surface area contributed by atoms with Crippen molar-refractivity contribution in [2.24, 2.45) is 11.8 Å². The molecule has 3 nitrogen and oxygen atoms in total. The third-order valence-electron chi connectivity index (χ3n) is 2.69. The van der Waals surface area contributed by atoms with Gasteiger partial charge in [-0.1, -0.05) is 34.6 Å². The van der Waals surface area contributed by atoms with Gasteiger partial charge in [-0.2, -0.15) is 0 Å². The van der Waals surface area contributed by atoms with Gasteiger partial charge in [0.15, 0.2) is 0 Å². The van der Waals surface area contributed by atoms with Crippen LogP contribution in [0.4, 0.5) is 0 Å². The normalized spacial score (nSPS) is 16.1. The third-order valence-corrected chi connectivity index (χ3v) is 4.02. The topological polar surface area (TPSA) is 29.5 Å². The number of hydrogen-bond donors (Lipinski definition) is 0. The molecule has 0 spiro atoms. The van der Waals surface area contributed by atoms with Crippen LogP contribution in [-0.2, 0) is 15.4 Å². The lowest BCUT2D eigenvalue weighted by Gasteiger charge is -2.23. The predicted octanol–water partition coefficient (Wildman–Crippen LogP) is 2.99. The molecular weight excluding hydrogens is 222 g/mol. The van der Waals surface area contributed by atoms with Gasteiger partial charge in [-0.3, -0.25) is 4.18 Å². The van der Waals surface area contributed by atoms with Gasteiger partial charge in [-0.05, 0) is 25.2 Å². The average molecular weight is 249 g/mol. The SMILES string of the molecule is CCN(CCC(C)C)S(=O)OC(C)C(C)C. The highest BCUT2D eigenvalue weighted by atomic mass is 32.2. The second kappa shape index (κ2) is 8.20. The molecule has 0 fully saturated rings. The zero-order chi connectivity index (χ0) is 12.7. The highest BCUT2D eigenvalue weighted by Gasteiger charge is 2.17. The van der Waals surface area contributed by atoms with Gasteiger partial charge in [0.1, 0.15) is 0 Å². The minimum atomic E-state index is -1.29. The minimum Gasteiger partial charge on any atom is -0.275 e. The van der Waals surface area contributed by atoms with Crippen molar-refractivity contribution in [2.75, 3.05) is 13.1 Å². The number of nitrogens with zero attached hydrogens (tertiary/aromatic N) is 1. The van der Waals surface area contributed by atoms with Gasteiger partial charge < -0.3 is 0 Å². The zero-order valence-electron chi connectivity index (χ0n) is 11.5. The molecule has 0 aliphatic rings. The standard InChI is InChI=1S/C12H27NO2S/c1-7-13(9-8-10(2)3)16(14)15-12(6)11(4)5/h10-12H,7-9H2,1-6H3. The lowest BCUT2D eigenvalue weighted by Crippen LogP contribution is -2.32. The van der Waals surface area contributed by atoms with Gasteiger partial charge in [0, 0.05) is 13.1 Å². The van der Waals surface area contributed by atoms with Crippen molar-refractivity contribution in [1.29, 1.82) is 0 Å². The van der Waals surface area contributed by atoms with Crippen molar-refractivity contribution in [1.82, 2.24) is 4.31 Å². The van der Waals surface area contributed by atoms with Crippen LogP contribution in [0.1, 0.15) is 48.0 Å². The molecule has 0 saturated carbocycles. The van der Waals surface area contributed by atoms with E-state index in [-0.39, 0.29) is 6.10 Å². The maximum atomic E-state index is 11.9. The molecule has 2 atom stereocenters. The van der Waals surface area contributed by atoms with Crippen LogP contribution >= 0.6 is 0 Å². The molecule has 16 heavy (non-hydrogen) atoms. The summed E-state index contributed by atoms with van der Waals surface area (Å²) >= 11 is -1.29. The van der Waals surface area contributed by atoms with E-state index in [1.54, 1.807) is 0 Å². The first-order chi connectivity index (χ1) is 7.38. The molecule has 0 aromatic heterocycles. The minimum absolute atomic E-state index is 0.0360. The fraction of sp³-hybridized carbons (Fsp3) is 1.00. The molecule has 0 radical (unpaired) electrons. The van der Waals surface area contributed by atoms with Gasteiger partial charge in [0.25, 0.3) is 0 Å². The quantitative estimate of drug-likeness (QED) is 0.662. The highest BCUT2D eigenvalue weighted by Crippen LogP contribution is 2.11. The summed E-state index contributed by atoms with van der Waals surface area (Å²) in [5.74, 6) is 1.03. The maximum absolute atomic E-state index is 11.9. The van der Waals surface area contributed by atoms with E-state index in [1.165, 1.54) is 0 Å². The molecule has 4 heteroatoms. The monoisotopic (exact) mass is 249 g/mol. The van der Waals surface area contributed by atoms with Crippen LogP contribution in [0.25, 0.3) is 0 Å². The Bertz CT molecular complexity index is 207. The molecule has 0 amide bonds. The van der Waals surface area contributed by atoms with Crippen molar-refractivity contribution in [3.05, 3.63) is 0 Å². The van der Waals surface area contributed by atoms with E-state index in [0.717, 1.165) is 19.5 Å². The van der Waals surface area contributed by atoms with E-state index in [9.17, 15) is 4.21 Å². The number of rotatable bonds is 8. The molecule has 2 unspecified atom stereocenters. The first kappa shape index (κ1) is 16.1. The molecule has 0 N–H and O–H groups in total. The van der Waals surface area contributed by atoms with Crippen molar-refractivity contribution < 1.29 is 8.39 Å². The molecule has 0 rings (SSSR count). The summed E-state index contributed by atoms with van der Waals surface area (Å²) in [6.07, 6.45) is 1.09. The van der Waals surface area contributed by atoms with Crippen molar-refractivity contribution in [3.63, 3.8) is 0 Å². The largest absolute Gasteiger partial charge is 0.275 e. The average Bonchev–Trinajstić information content (AvgIpc) is 2.17. The first-order valence-electron chi connectivity index (χ1n) is 6.22. The lowest BCUT2D eigenvalue weighted by molar-refractivity contribution is 0.175. The molecule has 0 saturated heterocycles. The fourth-order valence-corrected chi connectivity index (χ4v) is 2.11. The summed E-state index contributed by atoms with van der Waals surface area (Å²) in [4.78, 5) is 0. The fourth-order valence-electron chi connectivity index (χ4n) is 1.04. The molecule has 0 aliphatic heterocycles. The van der Waals surface area contributed by atoms with Crippen molar-refractivity contribution >= 4 is 11.3 Å². The smallest absolute Gasteiger partial charge is 0.237 e. The summed E-state index contributed by atoms with van der Waals surface area (Å²) in [5, 5.41) is 0. The molecule has 0 bridgehead atoms. The van der Waals surface area contributed by atoms with Gasteiger partial charge in [0.05, 0.1) is 6.10 Å². The van der Waals surface area contributed by atoms with Crippen molar-refractivity contribution in [2.45, 2.75) is 54.1 Å². The van der Waals surface area contributed by atoms with E-state index in [0.29, 0.717) is 11.8 Å². The molecular formula is C12H27NO2S. The Morgan fingerprint density at radius 2 is 1.75 bits per heavy atom. The Kier molecular flexibility index (Phi) is 8.24. The zero-order valence-corrected chi connectivity index (χ0v) is 12.3. The van der Waals surface area contributed by atoms with Gasteiger partial charge in [-0.25, -0.2) is 8.51 Å². The summed E-state index contributed by atoms with van der Waals surface area (Å²) in [5.41, 5.74) is 0. The Balaban J connectivity index is 4.10. The van der Waals surface area contributed by atoms with Gasteiger partial charge in [-0.15, -0.1) is 0 Å². The molecule has 98 valence electrons. The Labute approximate surface area is 103 Å². The number of hydrogen-bond acceptors (Lipinski definition) is 2. The van der Waals surface area contributed by atoms with Gasteiger partial charge in [0.2, 0.25) is 11.3 Å². The predicted molar refractivity (Wildman–Crippen MR) is 70.2 cm³/mol. The second-order valence-electron chi connectivity index (χ2n) is 4.97. The van der Waals surface area contributed by atoms with Crippen LogP contribution in [0.3, 0.4) is 0 Å². The first-order valence-corrected chi connectivity index (χ1v) is 7.25. The van der Waals surface area contributed by atoms with E-state index >= 15 is 0 Å². The third kappa shape index (κ3) is 6.61. The van der Waals surface area contributed by atoms with E-state index in [1.807, 2.05) is 18.2 Å².